The van der Waals surface area contributed by atoms with E-state index in [2.05, 4.69) is 37.1 Å². The molecule has 1 rings (SSSR count). The van der Waals surface area contributed by atoms with Gasteiger partial charge in [0.15, 0.2) is 0 Å². The van der Waals surface area contributed by atoms with Gasteiger partial charge in [0.05, 0.1) is 0 Å². The molecule has 74 valence electrons. The fourth-order valence-electron chi connectivity index (χ4n) is 0.772. The standard InChI is InChI=1S/C8H12N2.C3H8/c1-2-9-6-8-4-3-5-10-7-8;1-3-2/h3-5,7,9H,2,6H2,1H3;3H2,1-2H3. The largest absolute Gasteiger partial charge is 0.313 e. The number of hydrogen-bond donors (Lipinski definition) is 1. The first kappa shape index (κ1) is 12.1. The van der Waals surface area contributed by atoms with Crippen LogP contribution in [0.4, 0.5) is 0 Å². The third-order valence-corrected chi connectivity index (χ3v) is 1.30. The lowest BCUT2D eigenvalue weighted by Crippen LogP contribution is -2.11. The topological polar surface area (TPSA) is 24.9 Å². The van der Waals surface area contributed by atoms with E-state index in [4.69, 9.17) is 0 Å². The van der Waals surface area contributed by atoms with E-state index in [1.54, 1.807) is 6.20 Å². The van der Waals surface area contributed by atoms with Gasteiger partial charge in [-0.15, -0.1) is 0 Å². The molecule has 1 aromatic heterocycles. The highest BCUT2D eigenvalue weighted by Crippen LogP contribution is 1.92. The van der Waals surface area contributed by atoms with Crippen molar-refractivity contribution in [3.63, 3.8) is 0 Å². The van der Waals surface area contributed by atoms with Gasteiger partial charge in [-0.25, -0.2) is 0 Å². The van der Waals surface area contributed by atoms with Crippen molar-refractivity contribution in [3.8, 4) is 0 Å². The minimum Gasteiger partial charge on any atom is -0.313 e. The van der Waals surface area contributed by atoms with Crippen LogP contribution >= 0.6 is 0 Å². The average Bonchev–Trinajstić information content (AvgIpc) is 2.18. The maximum absolute atomic E-state index is 4.00. The molecule has 0 aliphatic carbocycles. The van der Waals surface area contributed by atoms with Crippen molar-refractivity contribution in [1.82, 2.24) is 10.3 Å². The van der Waals surface area contributed by atoms with E-state index in [9.17, 15) is 0 Å². The van der Waals surface area contributed by atoms with Gasteiger partial charge in [-0.1, -0.05) is 33.3 Å². The van der Waals surface area contributed by atoms with Crippen molar-refractivity contribution in [2.24, 2.45) is 0 Å². The second-order valence-corrected chi connectivity index (χ2v) is 2.85. The predicted molar refractivity (Wildman–Crippen MR) is 57.6 cm³/mol. The quantitative estimate of drug-likeness (QED) is 0.773. The summed E-state index contributed by atoms with van der Waals surface area (Å²) in [6, 6.07) is 4.02. The van der Waals surface area contributed by atoms with Crippen LogP contribution in [-0.4, -0.2) is 11.5 Å². The zero-order valence-corrected chi connectivity index (χ0v) is 8.88. The monoisotopic (exact) mass is 180 g/mol. The van der Waals surface area contributed by atoms with E-state index in [-0.39, 0.29) is 0 Å². The van der Waals surface area contributed by atoms with Gasteiger partial charge in [0.1, 0.15) is 0 Å². The summed E-state index contributed by atoms with van der Waals surface area (Å²) in [6.07, 6.45) is 4.91. The zero-order valence-electron chi connectivity index (χ0n) is 8.88. The Morgan fingerprint density at radius 2 is 2.00 bits per heavy atom. The highest BCUT2D eigenvalue weighted by molar-refractivity contribution is 5.07. The molecule has 2 heteroatoms. The lowest BCUT2D eigenvalue weighted by molar-refractivity contribution is 0.724. The molecule has 0 radical (unpaired) electrons. The Morgan fingerprint density at radius 3 is 2.46 bits per heavy atom. The van der Waals surface area contributed by atoms with E-state index in [1.165, 1.54) is 12.0 Å². The van der Waals surface area contributed by atoms with Gasteiger partial charge >= 0.3 is 0 Å². The Kier molecular flexibility index (Phi) is 8.57. The molecule has 0 atom stereocenters. The summed E-state index contributed by atoms with van der Waals surface area (Å²) in [5, 5.41) is 3.22. The Hall–Kier alpha value is -0.890. The van der Waals surface area contributed by atoms with Crippen molar-refractivity contribution in [3.05, 3.63) is 30.1 Å². The molecule has 1 aromatic rings. The molecule has 0 unspecified atom stereocenters. The van der Waals surface area contributed by atoms with Crippen LogP contribution in [0.15, 0.2) is 24.5 Å². The Balaban J connectivity index is 0.000000424. The van der Waals surface area contributed by atoms with Crippen molar-refractivity contribution >= 4 is 0 Å². The molecule has 0 aliphatic heterocycles. The lowest BCUT2D eigenvalue weighted by atomic mass is 10.3. The van der Waals surface area contributed by atoms with Crippen LogP contribution in [0.5, 0.6) is 0 Å². The number of pyridine rings is 1. The summed E-state index contributed by atoms with van der Waals surface area (Å²) in [6.45, 7) is 8.27. The molecule has 1 N–H and O–H groups in total. The number of hydrogen-bond acceptors (Lipinski definition) is 2. The number of nitrogens with zero attached hydrogens (tertiary/aromatic N) is 1. The average molecular weight is 180 g/mol. The molecule has 0 saturated carbocycles. The molecular weight excluding hydrogens is 160 g/mol. The van der Waals surface area contributed by atoms with Crippen molar-refractivity contribution in [2.45, 2.75) is 33.7 Å². The summed E-state index contributed by atoms with van der Waals surface area (Å²) < 4.78 is 0. The molecular formula is C11H20N2. The fraction of sp³-hybridized carbons (Fsp3) is 0.545. The van der Waals surface area contributed by atoms with Crippen molar-refractivity contribution in [2.75, 3.05) is 6.54 Å². The molecule has 0 aromatic carbocycles. The maximum Gasteiger partial charge on any atom is 0.0312 e. The molecule has 0 saturated heterocycles. The highest BCUT2D eigenvalue weighted by atomic mass is 14.8. The molecule has 0 amide bonds. The van der Waals surface area contributed by atoms with Gasteiger partial charge < -0.3 is 5.32 Å². The van der Waals surface area contributed by atoms with Crippen LogP contribution < -0.4 is 5.32 Å². The third-order valence-electron chi connectivity index (χ3n) is 1.30. The van der Waals surface area contributed by atoms with Crippen LogP contribution in [0.2, 0.25) is 0 Å². The second-order valence-electron chi connectivity index (χ2n) is 2.85. The van der Waals surface area contributed by atoms with Gasteiger partial charge in [-0.3, -0.25) is 4.98 Å². The van der Waals surface area contributed by atoms with Crippen LogP contribution in [0.25, 0.3) is 0 Å². The first-order valence-electron chi connectivity index (χ1n) is 4.94. The predicted octanol–water partition coefficient (Wildman–Crippen LogP) is 2.61. The second kappa shape index (κ2) is 9.20. The first-order valence-corrected chi connectivity index (χ1v) is 4.94. The lowest BCUT2D eigenvalue weighted by Gasteiger charge is -1.98. The summed E-state index contributed by atoms with van der Waals surface area (Å²) in [4.78, 5) is 4.00. The SMILES string of the molecule is CCC.CCNCc1cccnc1. The molecule has 0 aliphatic rings. The van der Waals surface area contributed by atoms with E-state index in [0.717, 1.165) is 13.1 Å². The van der Waals surface area contributed by atoms with E-state index < -0.39 is 0 Å². The normalized spacial score (nSPS) is 8.85. The van der Waals surface area contributed by atoms with Crippen LogP contribution in [0.1, 0.15) is 32.8 Å². The van der Waals surface area contributed by atoms with Gasteiger partial charge in [0.25, 0.3) is 0 Å². The molecule has 2 nitrogen and oxygen atoms in total. The highest BCUT2D eigenvalue weighted by Gasteiger charge is 1.86. The van der Waals surface area contributed by atoms with Crippen LogP contribution in [0, 0.1) is 0 Å². The maximum atomic E-state index is 4.00. The summed E-state index contributed by atoms with van der Waals surface area (Å²) in [7, 11) is 0. The zero-order chi connectivity index (χ0) is 9.94. The van der Waals surface area contributed by atoms with Crippen LogP contribution in [-0.2, 0) is 6.54 Å². The van der Waals surface area contributed by atoms with Crippen molar-refractivity contribution in [1.29, 1.82) is 0 Å². The minimum absolute atomic E-state index is 0.921. The summed E-state index contributed by atoms with van der Waals surface area (Å²) >= 11 is 0. The van der Waals surface area contributed by atoms with Gasteiger partial charge in [0, 0.05) is 18.9 Å². The van der Waals surface area contributed by atoms with Crippen LogP contribution in [0.3, 0.4) is 0 Å². The summed E-state index contributed by atoms with van der Waals surface area (Å²) in [5.41, 5.74) is 1.24. The minimum atomic E-state index is 0.921. The van der Waals surface area contributed by atoms with E-state index in [0.29, 0.717) is 0 Å². The molecule has 13 heavy (non-hydrogen) atoms. The van der Waals surface area contributed by atoms with E-state index in [1.807, 2.05) is 12.3 Å². The summed E-state index contributed by atoms with van der Waals surface area (Å²) in [5.74, 6) is 0. The Labute approximate surface area is 81.4 Å². The number of aromatic nitrogens is 1. The third kappa shape index (κ3) is 7.47. The molecule has 0 fully saturated rings. The smallest absolute Gasteiger partial charge is 0.0312 e. The van der Waals surface area contributed by atoms with E-state index >= 15 is 0 Å². The van der Waals surface area contributed by atoms with Gasteiger partial charge in [-0.2, -0.15) is 0 Å². The Morgan fingerprint density at radius 1 is 1.31 bits per heavy atom. The Bertz CT molecular complexity index is 185. The van der Waals surface area contributed by atoms with Gasteiger partial charge in [-0.05, 0) is 18.2 Å². The molecule has 0 spiro atoms. The van der Waals surface area contributed by atoms with Gasteiger partial charge in [0.2, 0.25) is 0 Å². The number of rotatable bonds is 3. The number of nitrogens with one attached hydrogen (secondary N) is 1. The first-order chi connectivity index (χ1) is 6.35. The fourth-order valence-corrected chi connectivity index (χ4v) is 0.772. The molecule has 0 bridgehead atoms. The van der Waals surface area contributed by atoms with Crippen molar-refractivity contribution < 1.29 is 0 Å². The molecule has 1 heterocycles.